The van der Waals surface area contributed by atoms with Crippen LogP contribution >= 0.6 is 0 Å². The molecule has 0 aliphatic carbocycles. The average Bonchev–Trinajstić information content (AvgIpc) is 2.75. The zero-order valence-corrected chi connectivity index (χ0v) is 15.8. The highest BCUT2D eigenvalue weighted by Gasteiger charge is 2.29. The second-order valence-electron chi connectivity index (χ2n) is 6.61. The molecule has 0 N–H and O–H groups in total. The van der Waals surface area contributed by atoms with Crippen molar-refractivity contribution in [3.63, 3.8) is 0 Å². The smallest absolute Gasteiger partial charge is 0.312 e. The Morgan fingerprint density at radius 3 is 2.30 bits per heavy atom. The fourth-order valence-corrected chi connectivity index (χ4v) is 3.29. The maximum atomic E-state index is 12.7. The quantitative estimate of drug-likeness (QED) is 0.758. The van der Waals surface area contributed by atoms with E-state index < -0.39 is 5.91 Å². The van der Waals surface area contributed by atoms with E-state index in [2.05, 4.69) is 22.0 Å². The highest BCUT2D eigenvalue weighted by Crippen LogP contribution is 2.16. The van der Waals surface area contributed by atoms with Gasteiger partial charge in [-0.25, -0.2) is 0 Å². The first-order valence-electron chi connectivity index (χ1n) is 9.46. The largest absolute Gasteiger partial charge is 0.368 e. The van der Waals surface area contributed by atoms with E-state index in [9.17, 15) is 9.59 Å². The van der Waals surface area contributed by atoms with E-state index in [0.717, 1.165) is 30.8 Å². The van der Waals surface area contributed by atoms with Crippen molar-refractivity contribution in [3.05, 3.63) is 60.4 Å². The van der Waals surface area contributed by atoms with Crippen LogP contribution in [-0.4, -0.2) is 65.9 Å². The summed E-state index contributed by atoms with van der Waals surface area (Å²) in [6.45, 7) is 5.60. The Labute approximate surface area is 160 Å². The lowest BCUT2D eigenvalue weighted by Crippen LogP contribution is -2.53. The lowest BCUT2D eigenvalue weighted by atomic mass is 10.2. The topological polar surface area (TPSA) is 56.8 Å². The molecule has 0 spiro atoms. The summed E-state index contributed by atoms with van der Waals surface area (Å²) in [5, 5.41) is 0. The molecule has 1 aromatic carbocycles. The third-order valence-electron chi connectivity index (χ3n) is 4.96. The molecule has 6 heteroatoms. The molecule has 2 aromatic rings. The second kappa shape index (κ2) is 9.16. The van der Waals surface area contributed by atoms with Gasteiger partial charge in [-0.2, -0.15) is 0 Å². The number of carbonyl (C=O) groups is 2. The molecule has 1 fully saturated rings. The van der Waals surface area contributed by atoms with Gasteiger partial charge in [-0.1, -0.05) is 18.2 Å². The Morgan fingerprint density at radius 2 is 1.67 bits per heavy atom. The van der Waals surface area contributed by atoms with Crippen molar-refractivity contribution >= 4 is 17.5 Å². The van der Waals surface area contributed by atoms with Gasteiger partial charge in [-0.3, -0.25) is 14.6 Å². The first kappa shape index (κ1) is 18.9. The molecule has 2 heterocycles. The second-order valence-corrected chi connectivity index (χ2v) is 6.61. The van der Waals surface area contributed by atoms with Crippen LogP contribution in [0.4, 0.5) is 5.69 Å². The normalized spacial score (nSPS) is 14.1. The number of likely N-dealkylation sites (N-methyl/N-ethyl adjacent to an activating group) is 1. The van der Waals surface area contributed by atoms with Crippen molar-refractivity contribution in [2.24, 2.45) is 0 Å². The van der Waals surface area contributed by atoms with Gasteiger partial charge in [0.25, 0.3) is 0 Å². The number of nitrogens with zero attached hydrogens (tertiary/aromatic N) is 4. The van der Waals surface area contributed by atoms with Gasteiger partial charge in [0.2, 0.25) is 0 Å². The number of hydrogen-bond acceptors (Lipinski definition) is 4. The summed E-state index contributed by atoms with van der Waals surface area (Å²) in [6, 6.07) is 14.0. The number of benzene rings is 1. The third kappa shape index (κ3) is 4.84. The van der Waals surface area contributed by atoms with E-state index >= 15 is 0 Å². The van der Waals surface area contributed by atoms with Gasteiger partial charge in [0.05, 0.1) is 0 Å². The molecule has 1 saturated heterocycles. The third-order valence-corrected chi connectivity index (χ3v) is 4.96. The minimum Gasteiger partial charge on any atom is -0.368 e. The van der Waals surface area contributed by atoms with E-state index in [0.29, 0.717) is 26.2 Å². The first-order chi connectivity index (χ1) is 13.2. The number of anilines is 1. The number of aromatic nitrogens is 1. The van der Waals surface area contributed by atoms with Crippen LogP contribution in [0.3, 0.4) is 0 Å². The predicted octanol–water partition coefficient (Wildman–Crippen LogP) is 1.82. The standard InChI is InChI=1S/C21H26N4O2/c1-2-23(13-10-18-8-11-22-12-9-18)20(26)21(27)25-16-14-24(15-17-25)19-6-4-3-5-7-19/h3-9,11-12H,2,10,13-17H2,1H3. The number of piperazine rings is 1. The van der Waals surface area contributed by atoms with E-state index in [1.807, 2.05) is 37.3 Å². The van der Waals surface area contributed by atoms with Crippen LogP contribution in [0.1, 0.15) is 12.5 Å². The summed E-state index contributed by atoms with van der Waals surface area (Å²) in [7, 11) is 0. The average molecular weight is 366 g/mol. The van der Waals surface area contributed by atoms with Crippen LogP contribution in [0.2, 0.25) is 0 Å². The lowest BCUT2D eigenvalue weighted by molar-refractivity contribution is -0.151. The molecule has 1 aliphatic heterocycles. The molecule has 1 aliphatic rings. The van der Waals surface area contributed by atoms with Crippen molar-refractivity contribution in [2.45, 2.75) is 13.3 Å². The number of amides is 2. The van der Waals surface area contributed by atoms with Gasteiger partial charge in [0.15, 0.2) is 0 Å². The maximum Gasteiger partial charge on any atom is 0.312 e. The molecule has 2 amide bonds. The SMILES string of the molecule is CCN(CCc1ccncc1)C(=O)C(=O)N1CCN(c2ccccc2)CC1. The summed E-state index contributed by atoms with van der Waals surface area (Å²) >= 11 is 0. The lowest BCUT2D eigenvalue weighted by Gasteiger charge is -2.36. The molecule has 0 bridgehead atoms. The molecule has 142 valence electrons. The van der Waals surface area contributed by atoms with Crippen LogP contribution in [0, 0.1) is 0 Å². The Bertz CT molecular complexity index is 743. The van der Waals surface area contributed by atoms with Gasteiger partial charge in [-0.05, 0) is 43.2 Å². The molecular weight excluding hydrogens is 340 g/mol. The van der Waals surface area contributed by atoms with Crippen molar-refractivity contribution in [3.8, 4) is 0 Å². The minimum atomic E-state index is -0.403. The van der Waals surface area contributed by atoms with Crippen LogP contribution in [0.25, 0.3) is 0 Å². The molecule has 27 heavy (non-hydrogen) atoms. The Balaban J connectivity index is 1.52. The molecule has 0 atom stereocenters. The highest BCUT2D eigenvalue weighted by atomic mass is 16.2. The molecule has 0 radical (unpaired) electrons. The van der Waals surface area contributed by atoms with Gasteiger partial charge in [0.1, 0.15) is 0 Å². The van der Waals surface area contributed by atoms with Crippen LogP contribution in [-0.2, 0) is 16.0 Å². The van der Waals surface area contributed by atoms with E-state index in [1.54, 1.807) is 22.2 Å². The summed E-state index contributed by atoms with van der Waals surface area (Å²) in [6.07, 6.45) is 4.20. The number of pyridine rings is 1. The molecule has 0 unspecified atom stereocenters. The molecule has 1 aromatic heterocycles. The van der Waals surface area contributed by atoms with E-state index in [-0.39, 0.29) is 5.91 Å². The van der Waals surface area contributed by atoms with Crippen LogP contribution < -0.4 is 4.90 Å². The fourth-order valence-electron chi connectivity index (χ4n) is 3.29. The van der Waals surface area contributed by atoms with Crippen LogP contribution in [0.15, 0.2) is 54.9 Å². The van der Waals surface area contributed by atoms with Gasteiger partial charge >= 0.3 is 11.8 Å². The zero-order valence-electron chi connectivity index (χ0n) is 15.8. The molecule has 6 nitrogen and oxygen atoms in total. The maximum absolute atomic E-state index is 12.7. The number of para-hydroxylation sites is 1. The summed E-state index contributed by atoms with van der Waals surface area (Å²) in [5.41, 5.74) is 2.27. The zero-order chi connectivity index (χ0) is 19.1. The number of rotatable bonds is 5. The Kier molecular flexibility index (Phi) is 6.41. The first-order valence-corrected chi connectivity index (χ1v) is 9.46. The van der Waals surface area contributed by atoms with Gasteiger partial charge in [0, 0.05) is 57.3 Å². The monoisotopic (exact) mass is 366 g/mol. The van der Waals surface area contributed by atoms with Crippen molar-refractivity contribution in [1.82, 2.24) is 14.8 Å². The Hall–Kier alpha value is -2.89. The number of carbonyl (C=O) groups excluding carboxylic acids is 2. The number of hydrogen-bond donors (Lipinski definition) is 0. The van der Waals surface area contributed by atoms with Crippen molar-refractivity contribution < 1.29 is 9.59 Å². The molecular formula is C21H26N4O2. The summed E-state index contributed by atoms with van der Waals surface area (Å²) < 4.78 is 0. The van der Waals surface area contributed by atoms with Crippen molar-refractivity contribution in [2.75, 3.05) is 44.2 Å². The summed E-state index contributed by atoms with van der Waals surface area (Å²) in [4.78, 5) is 34.9. The molecule has 3 rings (SSSR count). The van der Waals surface area contributed by atoms with E-state index in [4.69, 9.17) is 0 Å². The summed E-state index contributed by atoms with van der Waals surface area (Å²) in [5.74, 6) is -0.793. The van der Waals surface area contributed by atoms with Gasteiger partial charge in [-0.15, -0.1) is 0 Å². The highest BCUT2D eigenvalue weighted by molar-refractivity contribution is 6.34. The van der Waals surface area contributed by atoms with Gasteiger partial charge < -0.3 is 14.7 Å². The Morgan fingerprint density at radius 1 is 1.00 bits per heavy atom. The van der Waals surface area contributed by atoms with E-state index in [1.165, 1.54) is 0 Å². The fraction of sp³-hybridized carbons (Fsp3) is 0.381. The van der Waals surface area contributed by atoms with Crippen molar-refractivity contribution in [1.29, 1.82) is 0 Å². The predicted molar refractivity (Wildman–Crippen MR) is 105 cm³/mol. The molecule has 0 saturated carbocycles. The van der Waals surface area contributed by atoms with Crippen LogP contribution in [0.5, 0.6) is 0 Å². The minimum absolute atomic E-state index is 0.390.